The second-order valence-corrected chi connectivity index (χ2v) is 13.2. The molecule has 2 bridgehead atoms. The predicted molar refractivity (Wildman–Crippen MR) is 180 cm³/mol. The molecule has 48 heavy (non-hydrogen) atoms. The Bertz CT molecular complexity index is 1480. The number of ether oxygens (including phenoxy) is 2. The van der Waals surface area contributed by atoms with E-state index in [2.05, 4.69) is 18.5 Å². The van der Waals surface area contributed by atoms with Crippen LogP contribution in [0.4, 0.5) is 0 Å². The monoisotopic (exact) mass is 657 g/mol. The number of rotatable bonds is 16. The summed E-state index contributed by atoms with van der Waals surface area (Å²) in [5.74, 6) is -3.28. The van der Waals surface area contributed by atoms with Gasteiger partial charge in [-0.05, 0) is 50.7 Å². The Hall–Kier alpha value is -4.28. The van der Waals surface area contributed by atoms with Gasteiger partial charge in [-0.2, -0.15) is 0 Å². The minimum absolute atomic E-state index is 0.0878. The molecule has 0 aliphatic carbocycles. The van der Waals surface area contributed by atoms with Gasteiger partial charge in [0.2, 0.25) is 17.7 Å². The van der Waals surface area contributed by atoms with Crippen LogP contribution in [-0.2, 0) is 35.1 Å². The topological polar surface area (TPSA) is 125 Å². The third-order valence-electron chi connectivity index (χ3n) is 9.91. The van der Waals surface area contributed by atoms with E-state index in [1.165, 1.54) is 4.90 Å². The van der Waals surface area contributed by atoms with Crippen molar-refractivity contribution in [3.63, 3.8) is 0 Å². The zero-order valence-electron chi connectivity index (χ0n) is 27.8. The molecule has 5 rings (SSSR count). The molecular weight excluding hydrogens is 610 g/mol. The third kappa shape index (κ3) is 6.82. The fourth-order valence-corrected chi connectivity index (χ4v) is 7.70. The number of amides is 3. The zero-order chi connectivity index (χ0) is 34.4. The highest BCUT2D eigenvalue weighted by Crippen LogP contribution is 2.59. The SMILES string of the molecule is C=CCCC(=O)OC[C@@H](NC(=O)[C@@H]1[C@H]2C(=O)N([C@@H](CO)Cc3ccccc3)[C@H](C(=O)N(CC=C)C(C)C)[C@]23CC[C@H]1O3)c1ccccc1. The number of hydrogen-bond acceptors (Lipinski definition) is 7. The van der Waals surface area contributed by atoms with Crippen molar-refractivity contribution in [3.8, 4) is 0 Å². The van der Waals surface area contributed by atoms with Crippen molar-refractivity contribution in [2.75, 3.05) is 19.8 Å². The van der Waals surface area contributed by atoms with Crippen molar-refractivity contribution in [2.24, 2.45) is 11.8 Å². The van der Waals surface area contributed by atoms with Crippen molar-refractivity contribution in [1.82, 2.24) is 15.1 Å². The van der Waals surface area contributed by atoms with Gasteiger partial charge < -0.3 is 29.7 Å². The van der Waals surface area contributed by atoms with E-state index in [0.29, 0.717) is 25.7 Å². The average molecular weight is 658 g/mol. The van der Waals surface area contributed by atoms with Gasteiger partial charge in [0.15, 0.2) is 0 Å². The summed E-state index contributed by atoms with van der Waals surface area (Å²) in [5.41, 5.74) is 0.414. The number of benzene rings is 2. The molecule has 3 fully saturated rings. The number of carbonyl (C=O) groups is 4. The van der Waals surface area contributed by atoms with Gasteiger partial charge in [0.05, 0.1) is 36.6 Å². The predicted octanol–water partition coefficient (Wildman–Crippen LogP) is 3.75. The number of esters is 1. The molecule has 2 aromatic carbocycles. The van der Waals surface area contributed by atoms with E-state index in [-0.39, 0.29) is 44.0 Å². The Labute approximate surface area is 282 Å². The zero-order valence-corrected chi connectivity index (χ0v) is 27.8. The minimum atomic E-state index is -1.24. The van der Waals surface area contributed by atoms with Crippen LogP contribution in [0.15, 0.2) is 86.0 Å². The maximum absolute atomic E-state index is 14.7. The lowest BCUT2D eigenvalue weighted by atomic mass is 9.70. The van der Waals surface area contributed by atoms with Gasteiger partial charge in [0.25, 0.3) is 0 Å². The number of allylic oxidation sites excluding steroid dienone is 1. The number of aliphatic hydroxyl groups excluding tert-OH is 1. The normalized spacial score (nSPS) is 25.3. The van der Waals surface area contributed by atoms with Crippen molar-refractivity contribution >= 4 is 23.7 Å². The number of aliphatic hydroxyl groups is 1. The van der Waals surface area contributed by atoms with Crippen LogP contribution >= 0.6 is 0 Å². The second kappa shape index (κ2) is 15.3. The Morgan fingerprint density at radius 1 is 1.10 bits per heavy atom. The van der Waals surface area contributed by atoms with Gasteiger partial charge in [0, 0.05) is 19.0 Å². The summed E-state index contributed by atoms with van der Waals surface area (Å²) in [4.78, 5) is 59.1. The van der Waals surface area contributed by atoms with E-state index < -0.39 is 53.5 Å². The van der Waals surface area contributed by atoms with Crippen LogP contribution in [0, 0.1) is 11.8 Å². The van der Waals surface area contributed by atoms with Crippen molar-refractivity contribution in [3.05, 3.63) is 97.1 Å². The average Bonchev–Trinajstić information content (AvgIpc) is 3.74. The summed E-state index contributed by atoms with van der Waals surface area (Å²) >= 11 is 0. The summed E-state index contributed by atoms with van der Waals surface area (Å²) in [5, 5.41) is 13.8. The summed E-state index contributed by atoms with van der Waals surface area (Å²) in [6.07, 6.45) is 4.62. The molecule has 3 aliphatic rings. The van der Waals surface area contributed by atoms with Gasteiger partial charge in [-0.15, -0.1) is 13.2 Å². The Kier molecular flexibility index (Phi) is 11.2. The maximum Gasteiger partial charge on any atom is 0.306 e. The molecule has 256 valence electrons. The Morgan fingerprint density at radius 2 is 1.79 bits per heavy atom. The number of nitrogens with zero attached hydrogens (tertiary/aromatic N) is 2. The first-order valence-electron chi connectivity index (χ1n) is 16.8. The molecule has 0 radical (unpaired) electrons. The van der Waals surface area contributed by atoms with Gasteiger partial charge >= 0.3 is 5.97 Å². The van der Waals surface area contributed by atoms with Gasteiger partial charge in [-0.1, -0.05) is 72.8 Å². The highest BCUT2D eigenvalue weighted by atomic mass is 16.5. The van der Waals surface area contributed by atoms with E-state index in [4.69, 9.17) is 9.47 Å². The van der Waals surface area contributed by atoms with E-state index >= 15 is 0 Å². The number of hydrogen-bond donors (Lipinski definition) is 2. The lowest BCUT2D eigenvalue weighted by Crippen LogP contribution is -2.60. The van der Waals surface area contributed by atoms with Crippen molar-refractivity contribution in [2.45, 2.75) is 81.8 Å². The van der Waals surface area contributed by atoms with E-state index in [1.807, 2.05) is 74.5 Å². The van der Waals surface area contributed by atoms with Crippen LogP contribution in [-0.4, -0.2) is 88.2 Å². The fourth-order valence-electron chi connectivity index (χ4n) is 7.70. The lowest BCUT2D eigenvalue weighted by molar-refractivity contribution is -0.152. The number of nitrogens with one attached hydrogen (secondary N) is 1. The van der Waals surface area contributed by atoms with Crippen LogP contribution in [0.25, 0.3) is 0 Å². The highest BCUT2D eigenvalue weighted by Gasteiger charge is 2.75. The maximum atomic E-state index is 14.7. The fraction of sp³-hybridized carbons (Fsp3) is 0.474. The van der Waals surface area contributed by atoms with E-state index in [9.17, 15) is 24.3 Å². The molecule has 3 aliphatic heterocycles. The van der Waals surface area contributed by atoms with Crippen LogP contribution in [0.3, 0.4) is 0 Å². The van der Waals surface area contributed by atoms with E-state index in [0.717, 1.165) is 11.1 Å². The largest absolute Gasteiger partial charge is 0.463 e. The summed E-state index contributed by atoms with van der Waals surface area (Å²) in [7, 11) is 0. The quantitative estimate of drug-likeness (QED) is 0.208. The third-order valence-corrected chi connectivity index (χ3v) is 9.91. The molecule has 7 atom stereocenters. The number of likely N-dealkylation sites (tertiary alicyclic amines) is 1. The standard InChI is InChI=1S/C38H47N3O7/c1-5-7-18-31(43)47-24-29(27-16-12-9-13-17-27)39-35(44)32-30-19-20-38(48-30)33(32)36(45)41(28(23-42)22-26-14-10-8-11-15-26)34(38)37(46)40(21-6-2)25(3)4/h5-6,8-17,25,28-30,32-34,42H,1-2,7,18-24H2,3-4H3,(H,39,44)/t28-,29-,30-,32+,33+,34-,38+/m1/s1. The summed E-state index contributed by atoms with van der Waals surface area (Å²) < 4.78 is 12.2. The first-order valence-corrected chi connectivity index (χ1v) is 16.8. The molecule has 3 heterocycles. The lowest BCUT2D eigenvalue weighted by Gasteiger charge is -2.40. The molecule has 0 aromatic heterocycles. The van der Waals surface area contributed by atoms with Crippen LogP contribution in [0.1, 0.15) is 56.7 Å². The molecule has 3 saturated heterocycles. The molecule has 2 N–H and O–H groups in total. The Morgan fingerprint density at radius 3 is 2.42 bits per heavy atom. The molecule has 0 saturated carbocycles. The van der Waals surface area contributed by atoms with Crippen molar-refractivity contribution in [1.29, 1.82) is 0 Å². The van der Waals surface area contributed by atoms with Crippen LogP contribution in [0.2, 0.25) is 0 Å². The van der Waals surface area contributed by atoms with Crippen LogP contribution in [0.5, 0.6) is 0 Å². The molecule has 10 heteroatoms. The van der Waals surface area contributed by atoms with Gasteiger partial charge in [-0.3, -0.25) is 19.2 Å². The van der Waals surface area contributed by atoms with Crippen molar-refractivity contribution < 1.29 is 33.8 Å². The first kappa shape index (κ1) is 35.0. The second-order valence-electron chi connectivity index (χ2n) is 13.2. The number of fused-ring (bicyclic) bond motifs is 1. The molecule has 1 spiro atoms. The minimum Gasteiger partial charge on any atom is -0.463 e. The smallest absolute Gasteiger partial charge is 0.306 e. The highest BCUT2D eigenvalue weighted by molar-refractivity contribution is 5.99. The van der Waals surface area contributed by atoms with Crippen LogP contribution < -0.4 is 5.32 Å². The summed E-state index contributed by atoms with van der Waals surface area (Å²) in [6.45, 7) is 11.1. The van der Waals surface area contributed by atoms with Gasteiger partial charge in [-0.25, -0.2) is 0 Å². The Balaban J connectivity index is 1.48. The number of carbonyl (C=O) groups excluding carboxylic acids is 4. The molecular formula is C38H47N3O7. The molecule has 2 aromatic rings. The summed E-state index contributed by atoms with van der Waals surface area (Å²) in [6, 6.07) is 16.1. The van der Waals surface area contributed by atoms with E-state index in [1.54, 1.807) is 17.1 Å². The molecule has 3 amide bonds. The first-order chi connectivity index (χ1) is 23.2. The van der Waals surface area contributed by atoms with Gasteiger partial charge in [0.1, 0.15) is 18.2 Å². The molecule has 10 nitrogen and oxygen atoms in total. The molecule has 0 unspecified atom stereocenters.